The number of carbonyl (C=O) groups is 4. The molecular formula is C27H30F2IN7O4. The topological polar surface area (TPSA) is 142 Å². The second-order valence-corrected chi connectivity index (χ2v) is 11.1. The molecule has 41 heavy (non-hydrogen) atoms. The Kier molecular flexibility index (Phi) is 9.42. The van der Waals surface area contributed by atoms with E-state index in [4.69, 9.17) is 5.73 Å². The summed E-state index contributed by atoms with van der Waals surface area (Å²) >= 11 is 1.77. The number of fused-ring (bicyclic) bond motifs is 1. The van der Waals surface area contributed by atoms with Crippen molar-refractivity contribution >= 4 is 63.1 Å². The van der Waals surface area contributed by atoms with Crippen LogP contribution in [0.3, 0.4) is 0 Å². The van der Waals surface area contributed by atoms with Gasteiger partial charge in [0.15, 0.2) is 0 Å². The van der Waals surface area contributed by atoms with Crippen molar-refractivity contribution in [1.29, 1.82) is 0 Å². The number of nitrogens with two attached hydrogens (primary N) is 1. The molecule has 2 heterocycles. The molecule has 0 saturated carbocycles. The number of hydrogen-bond acceptors (Lipinski definition) is 5. The summed E-state index contributed by atoms with van der Waals surface area (Å²) < 4.78 is 30.7. The molecule has 2 atom stereocenters. The van der Waals surface area contributed by atoms with Crippen LogP contribution in [0.1, 0.15) is 22.3 Å². The molecule has 0 unspecified atom stereocenters. The van der Waals surface area contributed by atoms with Crippen molar-refractivity contribution in [2.45, 2.75) is 25.2 Å². The molecular weight excluding hydrogens is 651 g/mol. The first kappa shape index (κ1) is 30.2. The van der Waals surface area contributed by atoms with Crippen molar-refractivity contribution in [1.82, 2.24) is 25.0 Å². The molecule has 3 aromatic rings. The highest BCUT2D eigenvalue weighted by Gasteiger charge is 2.40. The Bertz CT molecular complexity index is 1500. The highest BCUT2D eigenvalue weighted by molar-refractivity contribution is 14.1. The van der Waals surface area contributed by atoms with E-state index >= 15 is 0 Å². The average Bonchev–Trinajstić information content (AvgIpc) is 3.50. The van der Waals surface area contributed by atoms with E-state index in [0.717, 1.165) is 4.90 Å². The van der Waals surface area contributed by atoms with E-state index in [1.165, 1.54) is 22.9 Å². The van der Waals surface area contributed by atoms with Crippen LogP contribution in [-0.2, 0) is 11.3 Å². The van der Waals surface area contributed by atoms with Gasteiger partial charge >= 0.3 is 12.1 Å². The third-order valence-corrected chi connectivity index (χ3v) is 7.45. The minimum atomic E-state index is -1.45. The van der Waals surface area contributed by atoms with E-state index < -0.39 is 36.0 Å². The predicted molar refractivity (Wildman–Crippen MR) is 158 cm³/mol. The molecule has 11 nitrogen and oxygen atoms in total. The third-order valence-electron chi connectivity index (χ3n) is 6.67. The number of likely N-dealkylation sites (tertiary alicyclic amines) is 1. The summed E-state index contributed by atoms with van der Waals surface area (Å²) in [6.45, 7) is 0.432. The molecule has 1 aliphatic heterocycles. The number of halogens is 3. The van der Waals surface area contributed by atoms with Gasteiger partial charge in [0.05, 0.1) is 17.7 Å². The van der Waals surface area contributed by atoms with Crippen molar-refractivity contribution in [3.05, 3.63) is 63.1 Å². The van der Waals surface area contributed by atoms with Gasteiger partial charge < -0.3 is 31.5 Å². The molecule has 5 N–H and O–H groups in total. The van der Waals surface area contributed by atoms with Crippen LogP contribution in [0.4, 0.5) is 24.1 Å². The summed E-state index contributed by atoms with van der Waals surface area (Å²) in [5.74, 6) is -1.64. The van der Waals surface area contributed by atoms with Crippen molar-refractivity contribution in [3.8, 4) is 0 Å². The summed E-state index contributed by atoms with van der Waals surface area (Å²) in [7, 11) is 3.74. The molecule has 0 aliphatic carbocycles. The molecule has 0 radical (unpaired) electrons. The Balaban J connectivity index is 1.45. The fourth-order valence-corrected chi connectivity index (χ4v) is 5.29. The molecule has 218 valence electrons. The average molecular weight is 681 g/mol. The molecule has 0 bridgehead atoms. The first-order valence-electron chi connectivity index (χ1n) is 12.8. The van der Waals surface area contributed by atoms with Gasteiger partial charge in [0.2, 0.25) is 5.91 Å². The number of hydrogen-bond donors (Lipinski definition) is 4. The Morgan fingerprint density at radius 2 is 1.88 bits per heavy atom. The summed E-state index contributed by atoms with van der Waals surface area (Å²) in [6, 6.07) is 6.89. The van der Waals surface area contributed by atoms with Gasteiger partial charge in [-0.05, 0) is 54.9 Å². The van der Waals surface area contributed by atoms with E-state index in [2.05, 4.69) is 16.0 Å². The van der Waals surface area contributed by atoms with Gasteiger partial charge in [-0.2, -0.15) is 0 Å². The number of urea groups is 1. The van der Waals surface area contributed by atoms with E-state index in [9.17, 15) is 28.0 Å². The lowest BCUT2D eigenvalue weighted by molar-refractivity contribution is -0.124. The third kappa shape index (κ3) is 6.93. The summed E-state index contributed by atoms with van der Waals surface area (Å²) in [5, 5.41) is 8.52. The van der Waals surface area contributed by atoms with Gasteiger partial charge in [-0.25, -0.2) is 18.4 Å². The van der Waals surface area contributed by atoms with Gasteiger partial charge in [-0.3, -0.25) is 14.2 Å². The monoisotopic (exact) mass is 681 g/mol. The van der Waals surface area contributed by atoms with Gasteiger partial charge in [0.25, 0.3) is 5.91 Å². The van der Waals surface area contributed by atoms with Crippen LogP contribution in [-0.4, -0.2) is 84.2 Å². The lowest BCUT2D eigenvalue weighted by Gasteiger charge is -2.24. The highest BCUT2D eigenvalue weighted by Crippen LogP contribution is 2.28. The van der Waals surface area contributed by atoms with Gasteiger partial charge in [0, 0.05) is 52.3 Å². The first-order valence-corrected chi connectivity index (χ1v) is 13.8. The number of nitrogens with zero attached hydrogens (tertiary/aromatic N) is 3. The molecule has 14 heteroatoms. The smallest absolute Gasteiger partial charge is 0.323 e. The van der Waals surface area contributed by atoms with Crippen molar-refractivity contribution < 1.29 is 28.0 Å². The Hall–Kier alpha value is -3.79. The summed E-state index contributed by atoms with van der Waals surface area (Å²) in [6.07, 6.45) is -0.330. The zero-order valence-corrected chi connectivity index (χ0v) is 24.6. The van der Waals surface area contributed by atoms with Gasteiger partial charge in [-0.15, -0.1) is 0 Å². The van der Waals surface area contributed by atoms with Crippen LogP contribution < -0.4 is 21.7 Å². The zero-order valence-electron chi connectivity index (χ0n) is 22.4. The zero-order chi connectivity index (χ0) is 29.8. The Labute approximate surface area is 248 Å². The van der Waals surface area contributed by atoms with Crippen LogP contribution in [0.25, 0.3) is 10.9 Å². The first-order chi connectivity index (χ1) is 19.5. The van der Waals surface area contributed by atoms with Gasteiger partial charge in [0.1, 0.15) is 18.0 Å². The second kappa shape index (κ2) is 12.8. The number of para-hydroxylation sites is 1. The number of benzene rings is 2. The van der Waals surface area contributed by atoms with Crippen LogP contribution in [0.5, 0.6) is 0 Å². The largest absolute Gasteiger partial charge is 0.351 e. The molecule has 1 aliphatic rings. The van der Waals surface area contributed by atoms with Crippen LogP contribution in [0.15, 0.2) is 42.6 Å². The Morgan fingerprint density at radius 3 is 2.59 bits per heavy atom. The minimum Gasteiger partial charge on any atom is -0.351 e. The number of alkyl halides is 1. The second-order valence-electron chi connectivity index (χ2n) is 9.91. The molecule has 4 rings (SSSR count). The van der Waals surface area contributed by atoms with Crippen molar-refractivity contribution in [2.24, 2.45) is 5.73 Å². The van der Waals surface area contributed by atoms with Crippen molar-refractivity contribution in [3.63, 3.8) is 0 Å². The number of amides is 5. The number of anilines is 1. The molecule has 2 aromatic carbocycles. The maximum atomic E-state index is 14.9. The van der Waals surface area contributed by atoms with Crippen LogP contribution in [0, 0.1) is 9.39 Å². The SMILES string of the molecule is CN(C)CCNC(=O)c1cc(I)c(F)c(CNC(=O)[C@@H]2C[C@@H](F)CN2C(=O)Nc2cn(C(N)=O)c3ccccc23)c1. The molecule has 0 spiro atoms. The van der Waals surface area contributed by atoms with E-state index in [0.29, 0.717) is 24.0 Å². The van der Waals surface area contributed by atoms with Crippen LogP contribution >= 0.6 is 22.6 Å². The summed E-state index contributed by atoms with van der Waals surface area (Å²) in [4.78, 5) is 53.6. The fourth-order valence-electron chi connectivity index (χ4n) is 4.61. The standard InChI is InChI=1S/C27H30F2IN7O4/c1-35(2)8-7-32-24(38)15-9-16(23(29)19(30)10-15)12-33-25(39)22-11-17(28)13-37(22)27(41)34-20-14-36(26(31)40)21-6-4-3-5-18(20)21/h3-6,9-10,14,17,22H,7-8,11-13H2,1-2H3,(H2,31,40)(H,32,38)(H,33,39)(H,34,41)/t17-,22+/m1/s1. The minimum absolute atomic E-state index is 0.0769. The molecule has 5 amide bonds. The van der Waals surface area contributed by atoms with E-state index in [-0.39, 0.29) is 45.8 Å². The van der Waals surface area contributed by atoms with E-state index in [1.807, 2.05) is 19.0 Å². The Morgan fingerprint density at radius 1 is 1.15 bits per heavy atom. The van der Waals surface area contributed by atoms with Gasteiger partial charge in [-0.1, -0.05) is 18.2 Å². The van der Waals surface area contributed by atoms with Crippen molar-refractivity contribution in [2.75, 3.05) is 39.0 Å². The molecule has 1 fully saturated rings. The van der Waals surface area contributed by atoms with E-state index in [1.54, 1.807) is 46.9 Å². The predicted octanol–water partition coefficient (Wildman–Crippen LogP) is 2.86. The number of rotatable bonds is 8. The molecule has 1 saturated heterocycles. The summed E-state index contributed by atoms with van der Waals surface area (Å²) in [5.41, 5.74) is 6.48. The quantitative estimate of drug-likeness (QED) is 0.271. The lowest BCUT2D eigenvalue weighted by Crippen LogP contribution is -2.47. The number of aromatic nitrogens is 1. The fraction of sp³-hybridized carbons (Fsp3) is 0.333. The maximum absolute atomic E-state index is 14.9. The normalized spacial score (nSPS) is 16.7. The molecule has 1 aromatic heterocycles. The van der Waals surface area contributed by atoms with Crippen LogP contribution in [0.2, 0.25) is 0 Å². The number of carbonyl (C=O) groups excluding carboxylic acids is 4. The number of likely N-dealkylation sites (N-methyl/N-ethyl adjacent to an activating group) is 1. The highest BCUT2D eigenvalue weighted by atomic mass is 127. The number of nitrogens with one attached hydrogen (secondary N) is 3. The maximum Gasteiger partial charge on any atom is 0.323 e. The number of primary amides is 1. The lowest BCUT2D eigenvalue weighted by atomic mass is 10.1.